The van der Waals surface area contributed by atoms with E-state index < -0.39 is 0 Å². The van der Waals surface area contributed by atoms with E-state index in [9.17, 15) is 0 Å². The summed E-state index contributed by atoms with van der Waals surface area (Å²) in [4.78, 5) is 0. The van der Waals surface area contributed by atoms with Crippen LogP contribution < -0.4 is 5.73 Å². The van der Waals surface area contributed by atoms with Gasteiger partial charge in [-0.1, -0.05) is 12.1 Å². The lowest BCUT2D eigenvalue weighted by Gasteiger charge is -2.02. The number of ether oxygens (including phenoxy) is 1. The van der Waals surface area contributed by atoms with E-state index in [2.05, 4.69) is 12.1 Å². The number of aryl methyl sites for hydroxylation is 1. The third-order valence-corrected chi connectivity index (χ3v) is 2.19. The zero-order valence-corrected chi connectivity index (χ0v) is 8.83. The van der Waals surface area contributed by atoms with Crippen molar-refractivity contribution in [2.45, 2.75) is 26.2 Å². The van der Waals surface area contributed by atoms with Crippen molar-refractivity contribution in [3.05, 3.63) is 29.8 Å². The van der Waals surface area contributed by atoms with Gasteiger partial charge in [-0.05, 0) is 43.9 Å². The van der Waals surface area contributed by atoms with Gasteiger partial charge in [0.15, 0.2) is 0 Å². The first-order valence-electron chi connectivity index (χ1n) is 5.25. The standard InChI is InChI=1S/C12H19NO/c1-2-14-10-4-3-5-11-6-8-12(13)9-7-11/h6-9H,2-5,10,13H2,1H3. The normalized spacial score (nSPS) is 10.4. The van der Waals surface area contributed by atoms with Crippen LogP contribution in [0.5, 0.6) is 0 Å². The molecular formula is C12H19NO. The van der Waals surface area contributed by atoms with Gasteiger partial charge in [0.05, 0.1) is 0 Å². The van der Waals surface area contributed by atoms with Crippen LogP contribution in [-0.2, 0) is 11.2 Å². The highest BCUT2D eigenvalue weighted by Gasteiger charge is 1.93. The van der Waals surface area contributed by atoms with Crippen molar-refractivity contribution < 1.29 is 4.74 Å². The lowest BCUT2D eigenvalue weighted by molar-refractivity contribution is 0.143. The maximum absolute atomic E-state index is 5.60. The molecule has 2 nitrogen and oxygen atoms in total. The smallest absolute Gasteiger partial charge is 0.0466 e. The second-order valence-corrected chi connectivity index (χ2v) is 3.40. The van der Waals surface area contributed by atoms with Crippen molar-refractivity contribution in [1.29, 1.82) is 0 Å². The average Bonchev–Trinajstić information content (AvgIpc) is 2.21. The molecule has 0 aromatic heterocycles. The van der Waals surface area contributed by atoms with Gasteiger partial charge in [0, 0.05) is 18.9 Å². The maximum Gasteiger partial charge on any atom is 0.0466 e. The number of hydrogen-bond donors (Lipinski definition) is 1. The number of nitrogens with two attached hydrogens (primary N) is 1. The second kappa shape index (κ2) is 6.44. The quantitative estimate of drug-likeness (QED) is 0.557. The molecule has 78 valence electrons. The Morgan fingerprint density at radius 1 is 1.14 bits per heavy atom. The summed E-state index contributed by atoms with van der Waals surface area (Å²) in [5, 5.41) is 0. The fraction of sp³-hybridized carbons (Fsp3) is 0.500. The lowest BCUT2D eigenvalue weighted by atomic mass is 10.1. The Bertz CT molecular complexity index is 243. The minimum absolute atomic E-state index is 0.821. The fourth-order valence-corrected chi connectivity index (χ4v) is 1.36. The van der Waals surface area contributed by atoms with Crippen LogP contribution in [0.25, 0.3) is 0 Å². The minimum Gasteiger partial charge on any atom is -0.399 e. The van der Waals surface area contributed by atoms with Gasteiger partial charge in [0.1, 0.15) is 0 Å². The highest BCUT2D eigenvalue weighted by atomic mass is 16.5. The number of rotatable bonds is 6. The van der Waals surface area contributed by atoms with Gasteiger partial charge in [0.25, 0.3) is 0 Å². The predicted octanol–water partition coefficient (Wildman–Crippen LogP) is 2.63. The van der Waals surface area contributed by atoms with Crippen LogP contribution in [0.4, 0.5) is 5.69 Å². The first kappa shape index (κ1) is 11.1. The molecule has 0 saturated carbocycles. The van der Waals surface area contributed by atoms with Crippen LogP contribution in [0.15, 0.2) is 24.3 Å². The van der Waals surface area contributed by atoms with Crippen molar-refractivity contribution >= 4 is 5.69 Å². The zero-order valence-electron chi connectivity index (χ0n) is 8.83. The van der Waals surface area contributed by atoms with Crippen molar-refractivity contribution in [3.63, 3.8) is 0 Å². The summed E-state index contributed by atoms with van der Waals surface area (Å²) in [6, 6.07) is 8.10. The van der Waals surface area contributed by atoms with Crippen molar-refractivity contribution in [2.75, 3.05) is 18.9 Å². The minimum atomic E-state index is 0.821. The van der Waals surface area contributed by atoms with E-state index >= 15 is 0 Å². The van der Waals surface area contributed by atoms with E-state index in [1.165, 1.54) is 12.0 Å². The average molecular weight is 193 g/mol. The summed E-state index contributed by atoms with van der Waals surface area (Å²) < 4.78 is 5.27. The van der Waals surface area contributed by atoms with Gasteiger partial charge in [-0.2, -0.15) is 0 Å². The van der Waals surface area contributed by atoms with Crippen LogP contribution in [0.2, 0.25) is 0 Å². The van der Waals surface area contributed by atoms with Gasteiger partial charge in [0.2, 0.25) is 0 Å². The second-order valence-electron chi connectivity index (χ2n) is 3.40. The topological polar surface area (TPSA) is 35.2 Å². The third-order valence-electron chi connectivity index (χ3n) is 2.19. The van der Waals surface area contributed by atoms with E-state index in [0.29, 0.717) is 0 Å². The molecule has 1 aromatic rings. The first-order chi connectivity index (χ1) is 6.83. The summed E-state index contributed by atoms with van der Waals surface area (Å²) in [7, 11) is 0. The van der Waals surface area contributed by atoms with Crippen LogP contribution in [0, 0.1) is 0 Å². The van der Waals surface area contributed by atoms with Crippen molar-refractivity contribution in [2.24, 2.45) is 0 Å². The molecule has 0 aliphatic rings. The van der Waals surface area contributed by atoms with Gasteiger partial charge >= 0.3 is 0 Å². The van der Waals surface area contributed by atoms with Crippen LogP contribution in [0.3, 0.4) is 0 Å². The molecule has 0 spiro atoms. The molecule has 0 bridgehead atoms. The molecule has 0 heterocycles. The SMILES string of the molecule is CCOCCCCc1ccc(N)cc1. The summed E-state index contributed by atoms with van der Waals surface area (Å²) in [5.41, 5.74) is 7.79. The molecule has 2 N–H and O–H groups in total. The number of hydrogen-bond acceptors (Lipinski definition) is 2. The maximum atomic E-state index is 5.60. The molecule has 14 heavy (non-hydrogen) atoms. The molecular weight excluding hydrogens is 174 g/mol. The van der Waals surface area contributed by atoms with Crippen molar-refractivity contribution in [1.82, 2.24) is 0 Å². The fourth-order valence-electron chi connectivity index (χ4n) is 1.36. The highest BCUT2D eigenvalue weighted by molar-refractivity contribution is 5.39. The molecule has 2 heteroatoms. The van der Waals surface area contributed by atoms with Crippen LogP contribution >= 0.6 is 0 Å². The molecule has 0 aliphatic heterocycles. The Kier molecular flexibility index (Phi) is 5.08. The van der Waals surface area contributed by atoms with E-state index in [-0.39, 0.29) is 0 Å². The van der Waals surface area contributed by atoms with Crippen molar-refractivity contribution in [3.8, 4) is 0 Å². The number of benzene rings is 1. The Hall–Kier alpha value is -1.02. The summed E-state index contributed by atoms with van der Waals surface area (Å²) in [6.07, 6.45) is 3.44. The Balaban J connectivity index is 2.15. The van der Waals surface area contributed by atoms with Crippen LogP contribution in [-0.4, -0.2) is 13.2 Å². The van der Waals surface area contributed by atoms with Gasteiger partial charge in [-0.25, -0.2) is 0 Å². The summed E-state index contributed by atoms with van der Waals surface area (Å²) in [5.74, 6) is 0. The van der Waals surface area contributed by atoms with E-state index in [1.54, 1.807) is 0 Å². The Morgan fingerprint density at radius 3 is 2.50 bits per heavy atom. The Labute approximate surface area is 86.1 Å². The van der Waals surface area contributed by atoms with Gasteiger partial charge in [-0.15, -0.1) is 0 Å². The molecule has 1 aromatic carbocycles. The molecule has 0 aliphatic carbocycles. The monoisotopic (exact) mass is 193 g/mol. The summed E-state index contributed by atoms with van der Waals surface area (Å²) in [6.45, 7) is 3.73. The molecule has 0 unspecified atom stereocenters. The summed E-state index contributed by atoms with van der Waals surface area (Å²) >= 11 is 0. The van der Waals surface area contributed by atoms with E-state index in [1.807, 2.05) is 19.1 Å². The van der Waals surface area contributed by atoms with Gasteiger partial charge in [-0.3, -0.25) is 0 Å². The molecule has 0 radical (unpaired) electrons. The predicted molar refractivity (Wildman–Crippen MR) is 60.3 cm³/mol. The third kappa shape index (κ3) is 4.28. The highest BCUT2D eigenvalue weighted by Crippen LogP contribution is 2.08. The van der Waals surface area contributed by atoms with Crippen LogP contribution in [0.1, 0.15) is 25.3 Å². The molecule has 0 fully saturated rings. The number of unbranched alkanes of at least 4 members (excludes halogenated alkanes) is 1. The Morgan fingerprint density at radius 2 is 1.86 bits per heavy atom. The van der Waals surface area contributed by atoms with E-state index in [4.69, 9.17) is 10.5 Å². The molecule has 1 rings (SSSR count). The van der Waals surface area contributed by atoms with Gasteiger partial charge < -0.3 is 10.5 Å². The first-order valence-corrected chi connectivity index (χ1v) is 5.25. The molecule has 0 amide bonds. The lowest BCUT2D eigenvalue weighted by Crippen LogP contribution is -1.95. The number of nitrogen functional groups attached to an aromatic ring is 1. The molecule has 0 atom stereocenters. The largest absolute Gasteiger partial charge is 0.399 e. The van der Waals surface area contributed by atoms with E-state index in [0.717, 1.165) is 31.7 Å². The molecule has 0 saturated heterocycles. The number of anilines is 1. The zero-order chi connectivity index (χ0) is 10.2.